The summed E-state index contributed by atoms with van der Waals surface area (Å²) in [6.45, 7) is 3.89. The Bertz CT molecular complexity index is 611. The third-order valence-electron chi connectivity index (χ3n) is 3.62. The maximum atomic E-state index is 12.1. The second-order valence-electron chi connectivity index (χ2n) is 5.68. The molecular weight excluding hydrogens is 274 g/mol. The molecule has 4 heteroatoms. The van der Waals surface area contributed by atoms with E-state index in [1.165, 1.54) is 11.1 Å². The SMILES string of the molecule is Cc1ccccc1CN(CC(=O)N(C)C)Cc1ccccn1. The predicted molar refractivity (Wildman–Crippen MR) is 88.2 cm³/mol. The van der Waals surface area contributed by atoms with Crippen LogP contribution in [0.4, 0.5) is 0 Å². The zero-order chi connectivity index (χ0) is 15.9. The van der Waals surface area contributed by atoms with Crippen LogP contribution in [0.5, 0.6) is 0 Å². The van der Waals surface area contributed by atoms with Crippen molar-refractivity contribution in [3.05, 3.63) is 65.5 Å². The number of amides is 1. The molecule has 116 valence electrons. The van der Waals surface area contributed by atoms with E-state index in [2.05, 4.69) is 28.9 Å². The van der Waals surface area contributed by atoms with Crippen molar-refractivity contribution in [2.24, 2.45) is 0 Å². The van der Waals surface area contributed by atoms with Gasteiger partial charge in [0.25, 0.3) is 0 Å². The first-order valence-electron chi connectivity index (χ1n) is 7.43. The van der Waals surface area contributed by atoms with E-state index < -0.39 is 0 Å². The summed E-state index contributed by atoms with van der Waals surface area (Å²) in [7, 11) is 3.57. The maximum absolute atomic E-state index is 12.1. The summed E-state index contributed by atoms with van der Waals surface area (Å²) >= 11 is 0. The van der Waals surface area contributed by atoms with Crippen molar-refractivity contribution in [1.82, 2.24) is 14.8 Å². The van der Waals surface area contributed by atoms with Crippen molar-refractivity contribution in [1.29, 1.82) is 0 Å². The lowest BCUT2D eigenvalue weighted by Gasteiger charge is -2.24. The first-order chi connectivity index (χ1) is 10.6. The molecule has 0 unspecified atom stereocenters. The van der Waals surface area contributed by atoms with Crippen molar-refractivity contribution in [3.63, 3.8) is 0 Å². The summed E-state index contributed by atoms with van der Waals surface area (Å²) in [6.07, 6.45) is 1.79. The van der Waals surface area contributed by atoms with Crippen LogP contribution in [0.15, 0.2) is 48.7 Å². The Balaban J connectivity index is 2.14. The highest BCUT2D eigenvalue weighted by molar-refractivity contribution is 5.77. The van der Waals surface area contributed by atoms with Crippen LogP contribution in [0, 0.1) is 6.92 Å². The molecule has 1 aromatic heterocycles. The van der Waals surface area contributed by atoms with Crippen LogP contribution in [0.1, 0.15) is 16.8 Å². The van der Waals surface area contributed by atoms with E-state index in [1.54, 1.807) is 25.2 Å². The Morgan fingerprint density at radius 2 is 1.77 bits per heavy atom. The van der Waals surface area contributed by atoms with E-state index >= 15 is 0 Å². The van der Waals surface area contributed by atoms with Gasteiger partial charge in [0.05, 0.1) is 12.2 Å². The lowest BCUT2D eigenvalue weighted by Crippen LogP contribution is -2.36. The van der Waals surface area contributed by atoms with E-state index in [0.717, 1.165) is 12.2 Å². The van der Waals surface area contributed by atoms with Gasteiger partial charge in [-0.1, -0.05) is 30.3 Å². The van der Waals surface area contributed by atoms with Crippen LogP contribution < -0.4 is 0 Å². The number of hydrogen-bond acceptors (Lipinski definition) is 3. The molecule has 0 spiro atoms. The molecule has 0 fully saturated rings. The second kappa shape index (κ2) is 7.71. The molecule has 1 amide bonds. The zero-order valence-corrected chi connectivity index (χ0v) is 13.5. The monoisotopic (exact) mass is 297 g/mol. The van der Waals surface area contributed by atoms with E-state index in [4.69, 9.17) is 0 Å². The molecule has 2 rings (SSSR count). The number of aromatic nitrogens is 1. The Morgan fingerprint density at radius 1 is 1.05 bits per heavy atom. The van der Waals surface area contributed by atoms with Crippen LogP contribution in [0.25, 0.3) is 0 Å². The third kappa shape index (κ3) is 4.67. The fourth-order valence-corrected chi connectivity index (χ4v) is 2.25. The summed E-state index contributed by atoms with van der Waals surface area (Å²) in [4.78, 5) is 20.2. The van der Waals surface area contributed by atoms with E-state index in [1.807, 2.05) is 30.3 Å². The van der Waals surface area contributed by atoms with Crippen molar-refractivity contribution < 1.29 is 4.79 Å². The molecule has 0 bridgehead atoms. The van der Waals surface area contributed by atoms with E-state index in [-0.39, 0.29) is 5.91 Å². The van der Waals surface area contributed by atoms with Gasteiger partial charge >= 0.3 is 0 Å². The molecule has 0 aliphatic rings. The Kier molecular flexibility index (Phi) is 5.67. The molecule has 0 saturated carbocycles. The first-order valence-corrected chi connectivity index (χ1v) is 7.43. The summed E-state index contributed by atoms with van der Waals surface area (Å²) in [6, 6.07) is 14.2. The fraction of sp³-hybridized carbons (Fsp3) is 0.333. The average molecular weight is 297 g/mol. The Labute approximate surface area is 132 Å². The number of rotatable bonds is 6. The van der Waals surface area contributed by atoms with Gasteiger partial charge in [0, 0.05) is 33.4 Å². The van der Waals surface area contributed by atoms with Gasteiger partial charge in [0.2, 0.25) is 5.91 Å². The molecule has 0 N–H and O–H groups in total. The molecule has 1 aromatic carbocycles. The van der Waals surface area contributed by atoms with Crippen molar-refractivity contribution in [3.8, 4) is 0 Å². The summed E-state index contributed by atoms with van der Waals surface area (Å²) in [5.74, 6) is 0.101. The number of carbonyl (C=O) groups excluding carboxylic acids is 1. The van der Waals surface area contributed by atoms with Gasteiger partial charge in [-0.2, -0.15) is 0 Å². The van der Waals surface area contributed by atoms with Crippen molar-refractivity contribution >= 4 is 5.91 Å². The number of hydrogen-bond donors (Lipinski definition) is 0. The first kappa shape index (κ1) is 16.2. The average Bonchev–Trinajstić information content (AvgIpc) is 2.50. The highest BCUT2D eigenvalue weighted by Crippen LogP contribution is 2.12. The highest BCUT2D eigenvalue weighted by Gasteiger charge is 2.14. The van der Waals surface area contributed by atoms with E-state index in [9.17, 15) is 4.79 Å². The number of nitrogens with zero attached hydrogens (tertiary/aromatic N) is 3. The van der Waals surface area contributed by atoms with Crippen LogP contribution in [-0.2, 0) is 17.9 Å². The normalized spacial score (nSPS) is 10.7. The molecular formula is C18H23N3O. The van der Waals surface area contributed by atoms with Gasteiger partial charge in [0.1, 0.15) is 0 Å². The summed E-state index contributed by atoms with van der Waals surface area (Å²) in [5, 5.41) is 0. The fourth-order valence-electron chi connectivity index (χ4n) is 2.25. The van der Waals surface area contributed by atoms with Crippen LogP contribution in [0.2, 0.25) is 0 Å². The molecule has 0 aliphatic heterocycles. The van der Waals surface area contributed by atoms with Gasteiger partial charge in [-0.3, -0.25) is 14.7 Å². The lowest BCUT2D eigenvalue weighted by molar-refractivity contribution is -0.130. The molecule has 22 heavy (non-hydrogen) atoms. The van der Waals surface area contributed by atoms with Gasteiger partial charge in [-0.25, -0.2) is 0 Å². The van der Waals surface area contributed by atoms with Gasteiger partial charge < -0.3 is 4.90 Å². The van der Waals surface area contributed by atoms with Crippen LogP contribution >= 0.6 is 0 Å². The highest BCUT2D eigenvalue weighted by atomic mass is 16.2. The summed E-state index contributed by atoms with van der Waals surface area (Å²) < 4.78 is 0. The number of benzene rings is 1. The lowest BCUT2D eigenvalue weighted by atomic mass is 10.1. The molecule has 0 radical (unpaired) electrons. The number of pyridine rings is 1. The summed E-state index contributed by atoms with van der Waals surface area (Å²) in [5.41, 5.74) is 3.46. The smallest absolute Gasteiger partial charge is 0.236 e. The van der Waals surface area contributed by atoms with Crippen molar-refractivity contribution in [2.75, 3.05) is 20.6 Å². The zero-order valence-electron chi connectivity index (χ0n) is 13.5. The third-order valence-corrected chi connectivity index (χ3v) is 3.62. The Hall–Kier alpha value is -2.20. The number of aryl methyl sites for hydroxylation is 1. The molecule has 0 atom stereocenters. The van der Waals surface area contributed by atoms with E-state index in [0.29, 0.717) is 13.1 Å². The standard InChI is InChI=1S/C18H23N3O/c1-15-8-4-5-9-16(15)12-21(14-18(22)20(2)3)13-17-10-6-7-11-19-17/h4-11H,12-14H2,1-3H3. The number of likely N-dealkylation sites (N-methyl/N-ethyl adjacent to an activating group) is 1. The number of carbonyl (C=O) groups is 1. The molecule has 1 heterocycles. The topological polar surface area (TPSA) is 36.4 Å². The second-order valence-corrected chi connectivity index (χ2v) is 5.68. The molecule has 0 aliphatic carbocycles. The predicted octanol–water partition coefficient (Wildman–Crippen LogP) is 2.48. The molecule has 4 nitrogen and oxygen atoms in total. The van der Waals surface area contributed by atoms with Gasteiger partial charge in [0.15, 0.2) is 0 Å². The molecule has 0 saturated heterocycles. The minimum Gasteiger partial charge on any atom is -0.348 e. The van der Waals surface area contributed by atoms with Crippen LogP contribution in [0.3, 0.4) is 0 Å². The van der Waals surface area contributed by atoms with Gasteiger partial charge in [-0.15, -0.1) is 0 Å². The quantitative estimate of drug-likeness (QED) is 0.822. The Morgan fingerprint density at radius 3 is 2.41 bits per heavy atom. The minimum absolute atomic E-state index is 0.101. The van der Waals surface area contributed by atoms with Gasteiger partial charge in [-0.05, 0) is 30.2 Å². The minimum atomic E-state index is 0.101. The van der Waals surface area contributed by atoms with Crippen LogP contribution in [-0.4, -0.2) is 41.3 Å². The van der Waals surface area contributed by atoms with Crippen molar-refractivity contribution in [2.45, 2.75) is 20.0 Å². The molecule has 2 aromatic rings. The largest absolute Gasteiger partial charge is 0.348 e. The maximum Gasteiger partial charge on any atom is 0.236 e.